The number of hydrogen-bond acceptors (Lipinski definition) is 4. The van der Waals surface area contributed by atoms with Crippen LogP contribution in [-0.4, -0.2) is 46.7 Å². The average molecular weight is 435 g/mol. The largest absolute Gasteiger partial charge is 0.367 e. The van der Waals surface area contributed by atoms with Crippen LogP contribution in [0, 0.1) is 0 Å². The summed E-state index contributed by atoms with van der Waals surface area (Å²) in [7, 11) is 0. The van der Waals surface area contributed by atoms with E-state index in [-0.39, 0.29) is 11.6 Å². The molecular weight excluding hydrogens is 408 g/mol. The molecule has 4 aliphatic rings. The first-order valence-corrected chi connectivity index (χ1v) is 11.9. The molecule has 4 heterocycles. The van der Waals surface area contributed by atoms with Crippen molar-refractivity contribution in [2.45, 2.75) is 44.2 Å². The van der Waals surface area contributed by atoms with E-state index in [4.69, 9.17) is 16.6 Å². The van der Waals surface area contributed by atoms with Crippen LogP contribution < -0.4 is 10.5 Å². The predicted octanol–water partition coefficient (Wildman–Crippen LogP) is 4.73. The fraction of sp³-hybridized carbons (Fsp3) is 0.440. The minimum atomic E-state index is 0.0781. The van der Waals surface area contributed by atoms with Crippen molar-refractivity contribution >= 4 is 28.2 Å². The van der Waals surface area contributed by atoms with Crippen molar-refractivity contribution in [1.82, 2.24) is 14.5 Å². The SMILES string of the molecule is O=c1c2cc(N3CCN4CCC3CC4)ccc2nc(-c2cccc(Cl)c2)n1C1CCC1. The average Bonchev–Trinajstić information content (AvgIpc) is 3.08. The summed E-state index contributed by atoms with van der Waals surface area (Å²) in [6, 6.07) is 14.7. The number of hydrogen-bond donors (Lipinski definition) is 0. The molecule has 2 bridgehead atoms. The molecule has 0 spiro atoms. The lowest BCUT2D eigenvalue weighted by molar-refractivity contribution is 0.250. The van der Waals surface area contributed by atoms with Gasteiger partial charge in [0.05, 0.1) is 10.9 Å². The van der Waals surface area contributed by atoms with Crippen LogP contribution in [-0.2, 0) is 0 Å². The molecule has 0 radical (unpaired) electrons. The zero-order valence-corrected chi connectivity index (χ0v) is 18.4. The third-order valence-electron chi connectivity index (χ3n) is 7.39. The molecule has 3 aromatic rings. The van der Waals surface area contributed by atoms with Crippen LogP contribution in [0.4, 0.5) is 5.69 Å². The van der Waals surface area contributed by atoms with E-state index in [2.05, 4.69) is 21.9 Å². The summed E-state index contributed by atoms with van der Waals surface area (Å²) in [5, 5.41) is 1.39. The second kappa shape index (κ2) is 7.64. The van der Waals surface area contributed by atoms with E-state index in [1.165, 1.54) is 25.9 Å². The third kappa shape index (κ3) is 3.35. The molecule has 0 atom stereocenters. The summed E-state index contributed by atoms with van der Waals surface area (Å²) in [5.41, 5.74) is 2.91. The van der Waals surface area contributed by atoms with E-state index in [1.54, 1.807) is 0 Å². The molecule has 1 saturated carbocycles. The Balaban J connectivity index is 1.50. The maximum absolute atomic E-state index is 13.8. The van der Waals surface area contributed by atoms with E-state index in [9.17, 15) is 4.79 Å². The van der Waals surface area contributed by atoms with Crippen molar-refractivity contribution < 1.29 is 0 Å². The van der Waals surface area contributed by atoms with E-state index in [1.807, 2.05) is 34.9 Å². The van der Waals surface area contributed by atoms with E-state index < -0.39 is 0 Å². The minimum absolute atomic E-state index is 0.0781. The van der Waals surface area contributed by atoms with E-state index in [0.29, 0.717) is 11.1 Å². The van der Waals surface area contributed by atoms with Crippen molar-refractivity contribution in [3.05, 3.63) is 57.8 Å². The Hall–Kier alpha value is -2.37. The van der Waals surface area contributed by atoms with Crippen LogP contribution in [0.1, 0.15) is 38.1 Å². The number of piperidine rings is 1. The Morgan fingerprint density at radius 1 is 0.903 bits per heavy atom. The number of fused-ring (bicyclic) bond motifs is 5. The number of nitrogens with zero attached hydrogens (tertiary/aromatic N) is 4. The molecular formula is C25H27ClN4O. The number of halogens is 1. The lowest BCUT2D eigenvalue weighted by Crippen LogP contribution is -2.38. The monoisotopic (exact) mass is 434 g/mol. The second-order valence-corrected chi connectivity index (χ2v) is 9.61. The van der Waals surface area contributed by atoms with Crippen molar-refractivity contribution in [2.24, 2.45) is 0 Å². The van der Waals surface area contributed by atoms with E-state index in [0.717, 1.165) is 60.3 Å². The zero-order chi connectivity index (χ0) is 20.9. The molecule has 7 rings (SSSR count). The van der Waals surface area contributed by atoms with E-state index >= 15 is 0 Å². The lowest BCUT2D eigenvalue weighted by atomic mass is 9.92. The van der Waals surface area contributed by atoms with Crippen LogP contribution in [0.5, 0.6) is 0 Å². The Labute approximate surface area is 187 Å². The summed E-state index contributed by atoms with van der Waals surface area (Å²) < 4.78 is 1.93. The van der Waals surface area contributed by atoms with Gasteiger partial charge >= 0.3 is 0 Å². The maximum Gasteiger partial charge on any atom is 0.261 e. The fourth-order valence-electron chi connectivity index (χ4n) is 5.41. The molecule has 0 unspecified atom stereocenters. The normalized spacial score (nSPS) is 23.7. The smallest absolute Gasteiger partial charge is 0.261 e. The highest BCUT2D eigenvalue weighted by Crippen LogP contribution is 2.35. The molecule has 160 valence electrons. The highest BCUT2D eigenvalue weighted by Gasteiger charge is 2.30. The molecule has 2 aromatic carbocycles. The highest BCUT2D eigenvalue weighted by molar-refractivity contribution is 6.30. The van der Waals surface area contributed by atoms with Gasteiger partial charge in [-0.05, 0) is 62.4 Å². The first-order chi connectivity index (χ1) is 15.2. The van der Waals surface area contributed by atoms with Gasteiger partial charge < -0.3 is 9.80 Å². The predicted molar refractivity (Wildman–Crippen MR) is 126 cm³/mol. The van der Waals surface area contributed by atoms with Gasteiger partial charge in [-0.1, -0.05) is 23.7 Å². The molecule has 1 aromatic heterocycles. The summed E-state index contributed by atoms with van der Waals surface area (Å²) in [5.74, 6) is 0.735. The van der Waals surface area contributed by atoms with Gasteiger partial charge in [0.25, 0.3) is 5.56 Å². The Bertz CT molecular complexity index is 1190. The molecule has 0 amide bonds. The topological polar surface area (TPSA) is 41.4 Å². The van der Waals surface area contributed by atoms with Gasteiger partial charge in [0.1, 0.15) is 5.82 Å². The zero-order valence-electron chi connectivity index (χ0n) is 17.6. The van der Waals surface area contributed by atoms with Crippen LogP contribution in [0.15, 0.2) is 47.3 Å². The Kier molecular flexibility index (Phi) is 4.77. The number of rotatable bonds is 3. The molecule has 5 nitrogen and oxygen atoms in total. The molecule has 3 aliphatic heterocycles. The number of aromatic nitrogens is 2. The summed E-state index contributed by atoms with van der Waals surface area (Å²) >= 11 is 6.26. The fourth-order valence-corrected chi connectivity index (χ4v) is 5.60. The molecule has 1 aliphatic carbocycles. The lowest BCUT2D eigenvalue weighted by Gasteiger charge is -2.33. The third-order valence-corrected chi connectivity index (χ3v) is 7.63. The van der Waals surface area contributed by atoms with Crippen LogP contribution >= 0.6 is 11.6 Å². The van der Waals surface area contributed by atoms with Crippen LogP contribution in [0.3, 0.4) is 0 Å². The van der Waals surface area contributed by atoms with Crippen molar-refractivity contribution in [1.29, 1.82) is 0 Å². The van der Waals surface area contributed by atoms with Gasteiger partial charge in [0.15, 0.2) is 0 Å². The highest BCUT2D eigenvalue weighted by atomic mass is 35.5. The number of anilines is 1. The maximum atomic E-state index is 13.8. The molecule has 31 heavy (non-hydrogen) atoms. The quantitative estimate of drug-likeness (QED) is 0.597. The second-order valence-electron chi connectivity index (χ2n) is 9.17. The summed E-state index contributed by atoms with van der Waals surface area (Å²) in [6.07, 6.45) is 5.64. The Morgan fingerprint density at radius 3 is 2.48 bits per heavy atom. The standard InChI is InChI=1S/C25H27ClN4O/c26-18-4-1-3-17(15-18)24-27-23-8-7-21(29-14-13-28-11-9-19(29)10-12-28)16-22(23)25(31)30(24)20-5-2-6-20/h1,3-4,7-8,15-16,19-20H,2,5-6,9-14H2. The van der Waals surface area contributed by atoms with Gasteiger partial charge in [-0.2, -0.15) is 0 Å². The van der Waals surface area contributed by atoms with Gasteiger partial charge in [-0.25, -0.2) is 4.98 Å². The van der Waals surface area contributed by atoms with Crippen LogP contribution in [0.25, 0.3) is 22.3 Å². The molecule has 4 fully saturated rings. The Morgan fingerprint density at radius 2 is 1.74 bits per heavy atom. The summed E-state index contributed by atoms with van der Waals surface area (Å²) in [6.45, 7) is 4.51. The first-order valence-electron chi connectivity index (χ1n) is 11.5. The van der Waals surface area contributed by atoms with Crippen molar-refractivity contribution in [2.75, 3.05) is 31.1 Å². The van der Waals surface area contributed by atoms with Gasteiger partial charge in [-0.3, -0.25) is 9.36 Å². The van der Waals surface area contributed by atoms with Gasteiger partial charge in [-0.15, -0.1) is 0 Å². The number of benzene rings is 2. The van der Waals surface area contributed by atoms with Crippen molar-refractivity contribution in [3.63, 3.8) is 0 Å². The summed E-state index contributed by atoms with van der Waals surface area (Å²) in [4.78, 5) is 23.8. The van der Waals surface area contributed by atoms with Gasteiger partial charge in [0.2, 0.25) is 0 Å². The van der Waals surface area contributed by atoms with Crippen molar-refractivity contribution in [3.8, 4) is 11.4 Å². The first kappa shape index (κ1) is 19.3. The molecule has 0 N–H and O–H groups in total. The van der Waals surface area contributed by atoms with Gasteiger partial charge in [0, 0.05) is 54.5 Å². The van der Waals surface area contributed by atoms with Crippen LogP contribution in [0.2, 0.25) is 5.02 Å². The minimum Gasteiger partial charge on any atom is -0.367 e. The molecule has 6 heteroatoms. The molecule has 3 saturated heterocycles.